The van der Waals surface area contributed by atoms with E-state index in [4.69, 9.17) is 0 Å². The van der Waals surface area contributed by atoms with Crippen molar-refractivity contribution in [2.24, 2.45) is 0 Å². The highest BCUT2D eigenvalue weighted by Crippen LogP contribution is 2.06. The summed E-state index contributed by atoms with van der Waals surface area (Å²) >= 11 is 3.17. The molecule has 0 spiro atoms. The molecule has 0 aliphatic heterocycles. The summed E-state index contributed by atoms with van der Waals surface area (Å²) in [5.41, 5.74) is 0.615. The second-order valence-electron chi connectivity index (χ2n) is 1.97. The lowest BCUT2D eigenvalue weighted by molar-refractivity contribution is 0.0996. The van der Waals surface area contributed by atoms with Crippen LogP contribution in [0.25, 0.3) is 0 Å². The summed E-state index contributed by atoms with van der Waals surface area (Å²) in [5, 5.41) is 6.23. The molecule has 4 heteroatoms. The van der Waals surface area contributed by atoms with Gasteiger partial charge in [-0.05, 0) is 6.92 Å². The van der Waals surface area contributed by atoms with Crippen LogP contribution in [-0.2, 0) is 0 Å². The van der Waals surface area contributed by atoms with Crippen molar-refractivity contribution in [3.8, 4) is 0 Å². The number of hydrogen-bond donors (Lipinski definition) is 1. The fourth-order valence-electron chi connectivity index (χ4n) is 0.615. The first kappa shape index (κ1) is 7.47. The molecular weight excluding hydrogens is 196 g/mol. The summed E-state index contributed by atoms with van der Waals surface area (Å²) in [6.07, 6.45) is 3.10. The number of ketones is 1. The monoisotopic (exact) mass is 202 g/mol. The normalized spacial score (nSPS) is 13.0. The molecule has 54 valence electrons. The maximum absolute atomic E-state index is 11.1. The average molecular weight is 203 g/mol. The molecule has 1 unspecified atom stereocenters. The Hall–Kier alpha value is -0.640. The number of aromatic amines is 1. The lowest BCUT2D eigenvalue weighted by Gasteiger charge is -1.95. The lowest BCUT2D eigenvalue weighted by atomic mass is 10.2. The van der Waals surface area contributed by atoms with Crippen LogP contribution in [0.1, 0.15) is 17.3 Å². The molecule has 0 amide bonds. The second-order valence-corrected chi connectivity index (χ2v) is 3.34. The number of carbonyl (C=O) groups excluding carboxylic acids is 1. The molecule has 1 N–H and O–H groups in total. The van der Waals surface area contributed by atoms with Crippen molar-refractivity contribution in [1.82, 2.24) is 10.2 Å². The molecular formula is C6H7BrN2O. The van der Waals surface area contributed by atoms with Gasteiger partial charge in [0.15, 0.2) is 5.78 Å². The Morgan fingerprint density at radius 2 is 2.60 bits per heavy atom. The summed E-state index contributed by atoms with van der Waals surface area (Å²) in [4.78, 5) is 11.0. The van der Waals surface area contributed by atoms with Crippen LogP contribution in [0.2, 0.25) is 0 Å². The first-order chi connectivity index (χ1) is 4.72. The van der Waals surface area contributed by atoms with Gasteiger partial charge in [0, 0.05) is 6.20 Å². The van der Waals surface area contributed by atoms with Crippen molar-refractivity contribution in [3.05, 3.63) is 18.0 Å². The third kappa shape index (κ3) is 1.44. The van der Waals surface area contributed by atoms with Crippen LogP contribution >= 0.6 is 15.9 Å². The van der Waals surface area contributed by atoms with Crippen LogP contribution in [0.4, 0.5) is 0 Å². The Morgan fingerprint density at radius 3 is 3.00 bits per heavy atom. The first-order valence-electron chi connectivity index (χ1n) is 2.89. The van der Waals surface area contributed by atoms with Gasteiger partial charge in [-0.25, -0.2) is 0 Å². The third-order valence-corrected chi connectivity index (χ3v) is 1.56. The van der Waals surface area contributed by atoms with Gasteiger partial charge in [0.25, 0.3) is 0 Å². The van der Waals surface area contributed by atoms with Gasteiger partial charge in [-0.15, -0.1) is 0 Å². The standard InChI is InChI=1S/C6H7BrN2O/c1-4(7)6(10)5-2-8-9-3-5/h2-4H,1H3,(H,8,9). The van der Waals surface area contributed by atoms with Crippen LogP contribution in [0.3, 0.4) is 0 Å². The van der Waals surface area contributed by atoms with Crippen LogP contribution in [0.5, 0.6) is 0 Å². The SMILES string of the molecule is CC(Br)C(=O)c1cn[nH]c1. The van der Waals surface area contributed by atoms with E-state index in [0.717, 1.165) is 0 Å². The van der Waals surface area contributed by atoms with E-state index in [1.807, 2.05) is 0 Å². The van der Waals surface area contributed by atoms with Gasteiger partial charge in [-0.1, -0.05) is 15.9 Å². The smallest absolute Gasteiger partial charge is 0.179 e. The molecule has 1 atom stereocenters. The largest absolute Gasteiger partial charge is 0.293 e. The van der Waals surface area contributed by atoms with Gasteiger partial charge in [0.1, 0.15) is 0 Å². The van der Waals surface area contributed by atoms with Crippen molar-refractivity contribution < 1.29 is 4.79 Å². The zero-order valence-corrected chi connectivity index (χ0v) is 7.05. The number of aromatic nitrogens is 2. The van der Waals surface area contributed by atoms with E-state index < -0.39 is 0 Å². The summed E-state index contributed by atoms with van der Waals surface area (Å²) in [5.74, 6) is 0.0498. The van der Waals surface area contributed by atoms with E-state index >= 15 is 0 Å². The number of halogens is 1. The predicted molar refractivity (Wildman–Crippen MR) is 41.3 cm³/mol. The minimum Gasteiger partial charge on any atom is -0.293 e. The van der Waals surface area contributed by atoms with E-state index in [9.17, 15) is 4.79 Å². The maximum Gasteiger partial charge on any atom is 0.179 e. The molecule has 0 fully saturated rings. The summed E-state index contributed by atoms with van der Waals surface area (Å²) < 4.78 is 0. The minimum atomic E-state index is -0.134. The summed E-state index contributed by atoms with van der Waals surface area (Å²) in [7, 11) is 0. The number of nitrogens with zero attached hydrogens (tertiary/aromatic N) is 1. The highest BCUT2D eigenvalue weighted by Gasteiger charge is 2.11. The van der Waals surface area contributed by atoms with Gasteiger partial charge in [0.05, 0.1) is 16.6 Å². The third-order valence-electron chi connectivity index (χ3n) is 1.14. The maximum atomic E-state index is 11.1. The van der Waals surface area contributed by atoms with Gasteiger partial charge >= 0.3 is 0 Å². The minimum absolute atomic E-state index is 0.0498. The number of rotatable bonds is 2. The van der Waals surface area contributed by atoms with Crippen LogP contribution < -0.4 is 0 Å². The highest BCUT2D eigenvalue weighted by atomic mass is 79.9. The van der Waals surface area contributed by atoms with Crippen molar-refractivity contribution in [1.29, 1.82) is 0 Å². The molecule has 0 radical (unpaired) electrons. The highest BCUT2D eigenvalue weighted by molar-refractivity contribution is 9.10. The fraction of sp³-hybridized carbons (Fsp3) is 0.333. The van der Waals surface area contributed by atoms with Crippen molar-refractivity contribution in [2.45, 2.75) is 11.8 Å². The average Bonchev–Trinajstić information content (AvgIpc) is 2.36. The zero-order valence-electron chi connectivity index (χ0n) is 5.47. The quantitative estimate of drug-likeness (QED) is 0.582. The Balaban J connectivity index is 2.78. The van der Waals surface area contributed by atoms with Crippen LogP contribution in [0.15, 0.2) is 12.4 Å². The molecule has 0 saturated carbocycles. The molecule has 10 heavy (non-hydrogen) atoms. The van der Waals surface area contributed by atoms with E-state index in [-0.39, 0.29) is 10.6 Å². The second kappa shape index (κ2) is 2.96. The van der Waals surface area contributed by atoms with Gasteiger partial charge in [0.2, 0.25) is 0 Å². The molecule has 1 aromatic rings. The van der Waals surface area contributed by atoms with Crippen molar-refractivity contribution >= 4 is 21.7 Å². The van der Waals surface area contributed by atoms with Gasteiger partial charge in [-0.2, -0.15) is 5.10 Å². The number of nitrogens with one attached hydrogen (secondary N) is 1. The molecule has 1 heterocycles. The van der Waals surface area contributed by atoms with E-state index in [1.165, 1.54) is 6.20 Å². The number of H-pyrrole nitrogens is 1. The van der Waals surface area contributed by atoms with Crippen LogP contribution in [0, 0.1) is 0 Å². The Bertz CT molecular complexity index is 218. The fourth-order valence-corrected chi connectivity index (χ4v) is 0.880. The van der Waals surface area contributed by atoms with Crippen molar-refractivity contribution in [3.63, 3.8) is 0 Å². The Labute approximate surface area is 67.0 Å². The van der Waals surface area contributed by atoms with Gasteiger partial charge in [-0.3, -0.25) is 9.89 Å². The number of carbonyl (C=O) groups is 1. The Morgan fingerprint density at radius 1 is 1.90 bits per heavy atom. The first-order valence-corrected chi connectivity index (χ1v) is 3.80. The molecule has 0 aliphatic rings. The van der Waals surface area contributed by atoms with E-state index in [1.54, 1.807) is 13.1 Å². The molecule has 0 saturated heterocycles. The number of hydrogen-bond acceptors (Lipinski definition) is 2. The van der Waals surface area contributed by atoms with E-state index in [0.29, 0.717) is 5.56 Å². The molecule has 0 aliphatic carbocycles. The molecule has 0 aromatic carbocycles. The van der Waals surface area contributed by atoms with Gasteiger partial charge < -0.3 is 0 Å². The number of alkyl halides is 1. The Kier molecular flexibility index (Phi) is 2.21. The molecule has 0 bridgehead atoms. The van der Waals surface area contributed by atoms with Crippen molar-refractivity contribution in [2.75, 3.05) is 0 Å². The lowest BCUT2D eigenvalue weighted by Crippen LogP contribution is -2.08. The molecule has 3 nitrogen and oxygen atoms in total. The summed E-state index contributed by atoms with van der Waals surface area (Å²) in [6, 6.07) is 0. The zero-order chi connectivity index (χ0) is 7.56. The van der Waals surface area contributed by atoms with E-state index in [2.05, 4.69) is 26.1 Å². The number of Topliss-reactive ketones (excluding diaryl/α,β-unsaturated/α-hetero) is 1. The molecule has 1 rings (SSSR count). The topological polar surface area (TPSA) is 45.8 Å². The predicted octanol–water partition coefficient (Wildman–Crippen LogP) is 1.38. The molecule has 1 aromatic heterocycles. The summed E-state index contributed by atoms with van der Waals surface area (Å²) in [6.45, 7) is 1.79. The van der Waals surface area contributed by atoms with Crippen LogP contribution in [-0.4, -0.2) is 20.8 Å².